The SMILES string of the molecule is OC(CNCc1ccc2c(c1)CCO2)COCC1CC1. The van der Waals surface area contributed by atoms with E-state index in [0.29, 0.717) is 13.2 Å². The van der Waals surface area contributed by atoms with Crippen LogP contribution in [0.25, 0.3) is 0 Å². The highest BCUT2D eigenvalue weighted by atomic mass is 16.5. The van der Waals surface area contributed by atoms with Gasteiger partial charge in [-0.3, -0.25) is 0 Å². The van der Waals surface area contributed by atoms with E-state index in [1.54, 1.807) is 0 Å². The molecule has 0 bridgehead atoms. The van der Waals surface area contributed by atoms with Crippen LogP contribution in [0.2, 0.25) is 0 Å². The Kier molecular flexibility index (Phi) is 4.55. The highest BCUT2D eigenvalue weighted by Crippen LogP contribution is 2.28. The molecule has 0 amide bonds. The van der Waals surface area contributed by atoms with Crippen molar-refractivity contribution in [2.45, 2.75) is 31.9 Å². The lowest BCUT2D eigenvalue weighted by Gasteiger charge is -2.12. The van der Waals surface area contributed by atoms with Crippen LogP contribution in [0, 0.1) is 5.92 Å². The molecule has 1 unspecified atom stereocenters. The van der Waals surface area contributed by atoms with Crippen LogP contribution in [-0.4, -0.2) is 37.6 Å². The monoisotopic (exact) mass is 277 g/mol. The molecular formula is C16H23NO3. The Morgan fingerprint density at radius 2 is 2.30 bits per heavy atom. The summed E-state index contributed by atoms with van der Waals surface area (Å²) in [5.41, 5.74) is 2.53. The fourth-order valence-electron chi connectivity index (χ4n) is 2.45. The van der Waals surface area contributed by atoms with Crippen LogP contribution in [0.15, 0.2) is 18.2 Å². The Morgan fingerprint density at radius 3 is 3.15 bits per heavy atom. The van der Waals surface area contributed by atoms with Crippen molar-refractivity contribution in [2.75, 3.05) is 26.4 Å². The fourth-order valence-corrected chi connectivity index (χ4v) is 2.45. The lowest BCUT2D eigenvalue weighted by atomic mass is 10.1. The standard InChI is InChI=1S/C16H23NO3/c18-15(11-19-10-12-1-2-12)9-17-8-13-3-4-16-14(7-13)5-6-20-16/h3-4,7,12,15,17-18H,1-2,5-6,8-11H2. The number of ether oxygens (including phenoxy) is 2. The molecule has 1 saturated carbocycles. The molecule has 0 aromatic heterocycles. The molecule has 2 aliphatic rings. The van der Waals surface area contributed by atoms with Gasteiger partial charge in [-0.05, 0) is 36.0 Å². The van der Waals surface area contributed by atoms with Gasteiger partial charge in [0.05, 0.1) is 19.3 Å². The Labute approximate surface area is 120 Å². The summed E-state index contributed by atoms with van der Waals surface area (Å²) < 4.78 is 11.0. The van der Waals surface area contributed by atoms with Gasteiger partial charge in [-0.25, -0.2) is 0 Å². The quantitative estimate of drug-likeness (QED) is 0.756. The van der Waals surface area contributed by atoms with E-state index in [1.807, 2.05) is 6.07 Å². The number of fused-ring (bicyclic) bond motifs is 1. The van der Waals surface area contributed by atoms with Gasteiger partial charge in [-0.1, -0.05) is 12.1 Å². The average molecular weight is 277 g/mol. The summed E-state index contributed by atoms with van der Waals surface area (Å²) in [6.07, 6.45) is 3.15. The highest BCUT2D eigenvalue weighted by Gasteiger charge is 2.21. The summed E-state index contributed by atoms with van der Waals surface area (Å²) >= 11 is 0. The lowest BCUT2D eigenvalue weighted by molar-refractivity contribution is 0.0324. The van der Waals surface area contributed by atoms with Crippen molar-refractivity contribution in [3.8, 4) is 5.75 Å². The topological polar surface area (TPSA) is 50.7 Å². The Bertz CT molecular complexity index is 445. The normalized spacial score (nSPS) is 18.6. The molecule has 110 valence electrons. The van der Waals surface area contributed by atoms with Gasteiger partial charge in [0.1, 0.15) is 5.75 Å². The average Bonchev–Trinajstić information content (AvgIpc) is 3.14. The van der Waals surface area contributed by atoms with Gasteiger partial charge >= 0.3 is 0 Å². The zero-order chi connectivity index (χ0) is 13.8. The third-order valence-corrected chi connectivity index (χ3v) is 3.82. The Morgan fingerprint density at radius 1 is 1.40 bits per heavy atom. The van der Waals surface area contributed by atoms with E-state index in [9.17, 15) is 5.11 Å². The van der Waals surface area contributed by atoms with Gasteiger partial charge in [0.2, 0.25) is 0 Å². The number of benzene rings is 1. The van der Waals surface area contributed by atoms with E-state index >= 15 is 0 Å². The predicted octanol–water partition coefficient (Wildman–Crippen LogP) is 1.50. The van der Waals surface area contributed by atoms with Crippen LogP contribution in [0.1, 0.15) is 24.0 Å². The second kappa shape index (κ2) is 6.57. The minimum Gasteiger partial charge on any atom is -0.493 e. The van der Waals surface area contributed by atoms with Gasteiger partial charge < -0.3 is 19.9 Å². The smallest absolute Gasteiger partial charge is 0.122 e. The summed E-state index contributed by atoms with van der Waals surface area (Å²) in [6.45, 7) is 3.37. The van der Waals surface area contributed by atoms with Crippen molar-refractivity contribution < 1.29 is 14.6 Å². The first kappa shape index (κ1) is 13.9. The zero-order valence-electron chi connectivity index (χ0n) is 11.8. The molecule has 1 aliphatic heterocycles. The van der Waals surface area contributed by atoms with Crippen molar-refractivity contribution in [1.29, 1.82) is 0 Å². The second-order valence-electron chi connectivity index (χ2n) is 5.81. The van der Waals surface area contributed by atoms with Crippen molar-refractivity contribution in [3.05, 3.63) is 29.3 Å². The van der Waals surface area contributed by atoms with Crippen LogP contribution in [0.3, 0.4) is 0 Å². The van der Waals surface area contributed by atoms with E-state index in [1.165, 1.54) is 24.0 Å². The Balaban J connectivity index is 1.34. The van der Waals surface area contributed by atoms with E-state index in [2.05, 4.69) is 17.4 Å². The summed E-state index contributed by atoms with van der Waals surface area (Å²) in [7, 11) is 0. The molecule has 4 nitrogen and oxygen atoms in total. The highest BCUT2D eigenvalue weighted by molar-refractivity contribution is 5.39. The first-order chi connectivity index (χ1) is 9.81. The minimum absolute atomic E-state index is 0.425. The molecule has 1 aliphatic carbocycles. The molecule has 3 rings (SSSR count). The molecular weight excluding hydrogens is 254 g/mol. The molecule has 2 N–H and O–H groups in total. The lowest BCUT2D eigenvalue weighted by Crippen LogP contribution is -2.30. The first-order valence-electron chi connectivity index (χ1n) is 7.52. The number of aliphatic hydroxyl groups is 1. The number of hydrogen-bond donors (Lipinski definition) is 2. The van der Waals surface area contributed by atoms with Gasteiger partial charge in [0.15, 0.2) is 0 Å². The van der Waals surface area contributed by atoms with Crippen LogP contribution >= 0.6 is 0 Å². The third-order valence-electron chi connectivity index (χ3n) is 3.82. The van der Waals surface area contributed by atoms with Crippen LogP contribution in [0.4, 0.5) is 0 Å². The van der Waals surface area contributed by atoms with Crippen molar-refractivity contribution in [1.82, 2.24) is 5.32 Å². The zero-order valence-corrected chi connectivity index (χ0v) is 11.8. The van der Waals surface area contributed by atoms with Crippen molar-refractivity contribution in [3.63, 3.8) is 0 Å². The van der Waals surface area contributed by atoms with Gasteiger partial charge in [-0.2, -0.15) is 0 Å². The first-order valence-corrected chi connectivity index (χ1v) is 7.52. The van der Waals surface area contributed by atoms with E-state index in [4.69, 9.17) is 9.47 Å². The maximum Gasteiger partial charge on any atom is 0.122 e. The molecule has 1 aromatic carbocycles. The number of rotatable bonds is 8. The molecule has 20 heavy (non-hydrogen) atoms. The summed E-state index contributed by atoms with van der Waals surface area (Å²) in [6, 6.07) is 6.30. The number of hydrogen-bond acceptors (Lipinski definition) is 4. The second-order valence-corrected chi connectivity index (χ2v) is 5.81. The number of nitrogens with one attached hydrogen (secondary N) is 1. The van der Waals surface area contributed by atoms with E-state index in [0.717, 1.165) is 37.8 Å². The maximum absolute atomic E-state index is 9.81. The summed E-state index contributed by atoms with van der Waals surface area (Å²) in [5.74, 6) is 1.77. The van der Waals surface area contributed by atoms with Crippen molar-refractivity contribution in [2.24, 2.45) is 5.92 Å². The maximum atomic E-state index is 9.81. The minimum atomic E-state index is -0.425. The van der Waals surface area contributed by atoms with Crippen molar-refractivity contribution >= 4 is 0 Å². The molecule has 0 saturated heterocycles. The molecule has 1 heterocycles. The third kappa shape index (κ3) is 3.95. The van der Waals surface area contributed by atoms with Gasteiger partial charge in [-0.15, -0.1) is 0 Å². The molecule has 0 spiro atoms. The van der Waals surface area contributed by atoms with Crippen LogP contribution < -0.4 is 10.1 Å². The number of aliphatic hydroxyl groups excluding tert-OH is 1. The van der Waals surface area contributed by atoms with E-state index in [-0.39, 0.29) is 0 Å². The van der Waals surface area contributed by atoms with Crippen LogP contribution in [0.5, 0.6) is 5.75 Å². The molecule has 1 fully saturated rings. The summed E-state index contributed by atoms with van der Waals surface area (Å²) in [4.78, 5) is 0. The predicted molar refractivity (Wildman–Crippen MR) is 76.9 cm³/mol. The fraction of sp³-hybridized carbons (Fsp3) is 0.625. The molecule has 1 aromatic rings. The largest absolute Gasteiger partial charge is 0.493 e. The van der Waals surface area contributed by atoms with Gasteiger partial charge in [0, 0.05) is 26.1 Å². The van der Waals surface area contributed by atoms with Crippen LogP contribution in [-0.2, 0) is 17.7 Å². The summed E-state index contributed by atoms with van der Waals surface area (Å²) in [5, 5.41) is 13.1. The molecule has 0 radical (unpaired) electrons. The van der Waals surface area contributed by atoms with E-state index < -0.39 is 6.10 Å². The molecule has 4 heteroatoms. The molecule has 1 atom stereocenters. The Hall–Kier alpha value is -1.10. The van der Waals surface area contributed by atoms with Gasteiger partial charge in [0.25, 0.3) is 0 Å².